The standard InChI is InChI=1S/C22H21BrN4O4/c1-15-25-20-6-5-17(23)12-19(20)22(29)27(15)24-13-16-3-2-4-18(11-16)31-14-21(28)26-7-9-30-10-8-26/h2-6,11-13H,7-10,14H2,1H3. The predicted molar refractivity (Wildman–Crippen MR) is 121 cm³/mol. The summed E-state index contributed by atoms with van der Waals surface area (Å²) < 4.78 is 13.0. The zero-order valence-electron chi connectivity index (χ0n) is 17.0. The van der Waals surface area contributed by atoms with Crippen LogP contribution >= 0.6 is 15.9 Å². The number of carbonyl (C=O) groups is 1. The maximum atomic E-state index is 12.8. The number of benzene rings is 2. The van der Waals surface area contributed by atoms with E-state index in [2.05, 4.69) is 26.0 Å². The Bertz CT molecular complexity index is 1200. The van der Waals surface area contributed by atoms with E-state index in [1.54, 1.807) is 48.4 Å². The SMILES string of the molecule is Cc1nc2ccc(Br)cc2c(=O)n1N=Cc1cccc(OCC(=O)N2CCOCC2)c1. The highest BCUT2D eigenvalue weighted by molar-refractivity contribution is 9.10. The molecule has 2 heterocycles. The van der Waals surface area contributed by atoms with Gasteiger partial charge in [-0.05, 0) is 42.8 Å². The second-order valence-electron chi connectivity index (χ2n) is 7.04. The number of carbonyl (C=O) groups excluding carboxylic acids is 1. The lowest BCUT2D eigenvalue weighted by atomic mass is 10.2. The van der Waals surface area contributed by atoms with Crippen LogP contribution in [0.1, 0.15) is 11.4 Å². The summed E-state index contributed by atoms with van der Waals surface area (Å²) in [5.74, 6) is 0.965. The van der Waals surface area contributed by atoms with Crippen molar-refractivity contribution in [3.05, 3.63) is 68.7 Å². The lowest BCUT2D eigenvalue weighted by molar-refractivity contribution is -0.137. The molecule has 1 fully saturated rings. The van der Waals surface area contributed by atoms with Crippen LogP contribution < -0.4 is 10.3 Å². The Labute approximate surface area is 187 Å². The second-order valence-corrected chi connectivity index (χ2v) is 7.95. The van der Waals surface area contributed by atoms with Crippen molar-refractivity contribution in [2.24, 2.45) is 5.10 Å². The molecule has 0 bridgehead atoms. The van der Waals surface area contributed by atoms with Crippen LogP contribution in [0.3, 0.4) is 0 Å². The average molecular weight is 485 g/mol. The highest BCUT2D eigenvalue weighted by atomic mass is 79.9. The molecule has 0 spiro atoms. The first-order chi connectivity index (χ1) is 15.0. The van der Waals surface area contributed by atoms with E-state index in [0.29, 0.717) is 48.8 Å². The van der Waals surface area contributed by atoms with Gasteiger partial charge >= 0.3 is 0 Å². The number of nitrogens with zero attached hydrogens (tertiary/aromatic N) is 4. The zero-order chi connectivity index (χ0) is 21.8. The number of fused-ring (bicyclic) bond motifs is 1. The van der Waals surface area contributed by atoms with Gasteiger partial charge in [0.2, 0.25) is 0 Å². The fraction of sp³-hybridized carbons (Fsp3) is 0.273. The molecule has 0 N–H and O–H groups in total. The summed E-state index contributed by atoms with van der Waals surface area (Å²) in [6, 6.07) is 12.6. The van der Waals surface area contributed by atoms with Crippen molar-refractivity contribution < 1.29 is 14.3 Å². The van der Waals surface area contributed by atoms with Crippen LogP contribution in [-0.2, 0) is 9.53 Å². The topological polar surface area (TPSA) is 86.0 Å². The third-order valence-corrected chi connectivity index (χ3v) is 5.37. The lowest BCUT2D eigenvalue weighted by Crippen LogP contribution is -2.42. The van der Waals surface area contributed by atoms with Crippen LogP contribution in [0.5, 0.6) is 5.75 Å². The Balaban J connectivity index is 1.50. The first-order valence-electron chi connectivity index (χ1n) is 9.83. The molecule has 0 saturated carbocycles. The third kappa shape index (κ3) is 5.00. The van der Waals surface area contributed by atoms with Crippen LogP contribution in [-0.4, -0.2) is 59.6 Å². The third-order valence-electron chi connectivity index (χ3n) is 4.88. The van der Waals surface area contributed by atoms with Gasteiger partial charge in [-0.3, -0.25) is 9.59 Å². The summed E-state index contributed by atoms with van der Waals surface area (Å²) in [5, 5.41) is 4.80. The van der Waals surface area contributed by atoms with E-state index in [9.17, 15) is 9.59 Å². The van der Waals surface area contributed by atoms with Gasteiger partial charge in [0.05, 0.1) is 30.3 Å². The number of aryl methyl sites for hydroxylation is 1. The van der Waals surface area contributed by atoms with Crippen LogP contribution in [0.15, 0.2) is 56.8 Å². The number of amides is 1. The Kier molecular flexibility index (Phi) is 6.43. The molecule has 31 heavy (non-hydrogen) atoms. The maximum absolute atomic E-state index is 12.8. The van der Waals surface area contributed by atoms with Crippen molar-refractivity contribution in [1.29, 1.82) is 0 Å². The monoisotopic (exact) mass is 484 g/mol. The predicted octanol–water partition coefficient (Wildman–Crippen LogP) is 2.59. The molecule has 0 aliphatic carbocycles. The first-order valence-corrected chi connectivity index (χ1v) is 10.6. The van der Waals surface area contributed by atoms with E-state index in [-0.39, 0.29) is 18.1 Å². The molecule has 0 radical (unpaired) electrons. The molecule has 160 valence electrons. The summed E-state index contributed by atoms with van der Waals surface area (Å²) in [7, 11) is 0. The number of hydrogen-bond donors (Lipinski definition) is 0. The molecule has 1 amide bonds. The molecular formula is C22H21BrN4O4. The van der Waals surface area contributed by atoms with Crippen molar-refractivity contribution >= 4 is 39.0 Å². The van der Waals surface area contributed by atoms with Crippen molar-refractivity contribution in [2.75, 3.05) is 32.9 Å². The minimum atomic E-state index is -0.247. The molecule has 3 aromatic rings. The number of hydrogen-bond acceptors (Lipinski definition) is 6. The van der Waals surface area contributed by atoms with E-state index in [4.69, 9.17) is 9.47 Å². The second kappa shape index (κ2) is 9.40. The van der Waals surface area contributed by atoms with Crippen LogP contribution in [0.2, 0.25) is 0 Å². The van der Waals surface area contributed by atoms with Gasteiger partial charge < -0.3 is 14.4 Å². The fourth-order valence-corrected chi connectivity index (χ4v) is 3.62. The molecule has 4 rings (SSSR count). The Morgan fingerprint density at radius 2 is 2.06 bits per heavy atom. The Morgan fingerprint density at radius 3 is 2.87 bits per heavy atom. The fourth-order valence-electron chi connectivity index (χ4n) is 3.25. The van der Waals surface area contributed by atoms with E-state index < -0.39 is 0 Å². The molecule has 1 aliphatic rings. The normalized spacial score (nSPS) is 14.3. The molecule has 1 saturated heterocycles. The largest absolute Gasteiger partial charge is 0.484 e. The van der Waals surface area contributed by atoms with Gasteiger partial charge in [0.15, 0.2) is 6.61 Å². The number of rotatable bonds is 5. The van der Waals surface area contributed by atoms with E-state index in [1.165, 1.54) is 4.68 Å². The van der Waals surface area contributed by atoms with Gasteiger partial charge in [-0.15, -0.1) is 0 Å². The summed E-state index contributed by atoms with van der Waals surface area (Å²) in [6.07, 6.45) is 1.57. The summed E-state index contributed by atoms with van der Waals surface area (Å²) in [6.45, 7) is 3.96. The van der Waals surface area contributed by atoms with E-state index in [1.807, 2.05) is 12.1 Å². The number of halogens is 1. The van der Waals surface area contributed by atoms with Crippen molar-refractivity contribution in [3.8, 4) is 5.75 Å². The van der Waals surface area contributed by atoms with E-state index in [0.717, 1.165) is 10.0 Å². The number of ether oxygens (including phenoxy) is 2. The lowest BCUT2D eigenvalue weighted by Gasteiger charge is -2.26. The quantitative estimate of drug-likeness (QED) is 0.519. The molecule has 0 unspecified atom stereocenters. The minimum absolute atomic E-state index is 0.0391. The molecule has 8 nitrogen and oxygen atoms in total. The highest BCUT2D eigenvalue weighted by Crippen LogP contribution is 2.16. The summed E-state index contributed by atoms with van der Waals surface area (Å²) in [4.78, 5) is 31.3. The Hall–Kier alpha value is -3.04. The Morgan fingerprint density at radius 1 is 1.26 bits per heavy atom. The van der Waals surface area contributed by atoms with Gasteiger partial charge in [-0.25, -0.2) is 4.98 Å². The van der Waals surface area contributed by atoms with Crippen molar-refractivity contribution in [2.45, 2.75) is 6.92 Å². The van der Waals surface area contributed by atoms with Gasteiger partial charge in [-0.2, -0.15) is 9.78 Å². The molecule has 1 aliphatic heterocycles. The average Bonchev–Trinajstić information content (AvgIpc) is 2.79. The van der Waals surface area contributed by atoms with E-state index >= 15 is 0 Å². The molecule has 9 heteroatoms. The smallest absolute Gasteiger partial charge is 0.282 e. The van der Waals surface area contributed by atoms with Gasteiger partial charge in [0.1, 0.15) is 11.6 Å². The molecule has 2 aromatic carbocycles. The summed E-state index contributed by atoms with van der Waals surface area (Å²) in [5.41, 5.74) is 1.11. The van der Waals surface area contributed by atoms with Crippen molar-refractivity contribution in [3.63, 3.8) is 0 Å². The van der Waals surface area contributed by atoms with Crippen LogP contribution in [0.25, 0.3) is 10.9 Å². The zero-order valence-corrected chi connectivity index (χ0v) is 18.5. The first kappa shape index (κ1) is 21.2. The number of aromatic nitrogens is 2. The molecule has 0 atom stereocenters. The molecular weight excluding hydrogens is 464 g/mol. The van der Waals surface area contributed by atoms with Gasteiger partial charge in [0.25, 0.3) is 11.5 Å². The number of morpholine rings is 1. The van der Waals surface area contributed by atoms with Crippen LogP contribution in [0, 0.1) is 6.92 Å². The molecule has 1 aromatic heterocycles. The van der Waals surface area contributed by atoms with Gasteiger partial charge in [-0.1, -0.05) is 28.1 Å². The van der Waals surface area contributed by atoms with Crippen LogP contribution in [0.4, 0.5) is 0 Å². The van der Waals surface area contributed by atoms with Gasteiger partial charge in [0, 0.05) is 17.6 Å². The maximum Gasteiger partial charge on any atom is 0.282 e. The highest BCUT2D eigenvalue weighted by Gasteiger charge is 2.17. The van der Waals surface area contributed by atoms with Crippen molar-refractivity contribution in [1.82, 2.24) is 14.6 Å². The minimum Gasteiger partial charge on any atom is -0.484 e. The summed E-state index contributed by atoms with van der Waals surface area (Å²) >= 11 is 3.38.